The fraction of sp³-hybridized carbons (Fsp3) is 0.600. The zero-order valence-corrected chi connectivity index (χ0v) is 15.3. The summed E-state index contributed by atoms with van der Waals surface area (Å²) in [5.74, 6) is -0.259. The molecule has 1 saturated carbocycles. The van der Waals surface area contributed by atoms with E-state index in [-0.39, 0.29) is 18.1 Å². The van der Waals surface area contributed by atoms with Gasteiger partial charge in [0.15, 0.2) is 0 Å². The van der Waals surface area contributed by atoms with Gasteiger partial charge in [-0.25, -0.2) is 0 Å². The van der Waals surface area contributed by atoms with Crippen LogP contribution in [0.5, 0.6) is 5.75 Å². The van der Waals surface area contributed by atoms with Crippen LogP contribution in [0.25, 0.3) is 0 Å². The SMILES string of the molecule is CC(C(N)=O)(C(=O)NC1CCOCC1)c1ccc(OC2CCCC2)cc1. The van der Waals surface area contributed by atoms with Crippen LogP contribution in [0.2, 0.25) is 0 Å². The largest absolute Gasteiger partial charge is 0.490 e. The van der Waals surface area contributed by atoms with Gasteiger partial charge in [-0.15, -0.1) is 0 Å². The van der Waals surface area contributed by atoms with Gasteiger partial charge in [-0.1, -0.05) is 12.1 Å². The van der Waals surface area contributed by atoms with E-state index in [9.17, 15) is 9.59 Å². The molecule has 1 saturated heterocycles. The molecule has 2 fully saturated rings. The van der Waals surface area contributed by atoms with E-state index in [4.69, 9.17) is 15.2 Å². The van der Waals surface area contributed by atoms with Crippen LogP contribution in [0.4, 0.5) is 0 Å². The fourth-order valence-electron chi connectivity index (χ4n) is 3.62. The topological polar surface area (TPSA) is 90.7 Å². The molecular formula is C20H28N2O4. The van der Waals surface area contributed by atoms with Gasteiger partial charge < -0.3 is 20.5 Å². The second-order valence-corrected chi connectivity index (χ2v) is 7.40. The third-order valence-corrected chi connectivity index (χ3v) is 5.54. The number of carbonyl (C=O) groups is 2. The first-order valence-corrected chi connectivity index (χ1v) is 9.46. The first-order chi connectivity index (χ1) is 12.5. The van der Waals surface area contributed by atoms with Crippen LogP contribution in [0, 0.1) is 0 Å². The minimum Gasteiger partial charge on any atom is -0.490 e. The van der Waals surface area contributed by atoms with Crippen LogP contribution in [0.1, 0.15) is 51.0 Å². The highest BCUT2D eigenvalue weighted by Crippen LogP contribution is 2.29. The van der Waals surface area contributed by atoms with Crippen LogP contribution in [0.15, 0.2) is 24.3 Å². The molecule has 1 unspecified atom stereocenters. The molecule has 6 heteroatoms. The van der Waals surface area contributed by atoms with E-state index in [1.807, 2.05) is 12.1 Å². The maximum Gasteiger partial charge on any atom is 0.240 e. The van der Waals surface area contributed by atoms with Gasteiger partial charge in [0.05, 0.1) is 6.10 Å². The minimum atomic E-state index is -1.41. The molecule has 3 N–H and O–H groups in total. The smallest absolute Gasteiger partial charge is 0.240 e. The van der Waals surface area contributed by atoms with Gasteiger partial charge in [0, 0.05) is 19.3 Å². The van der Waals surface area contributed by atoms with Gasteiger partial charge in [0.1, 0.15) is 11.2 Å². The number of ether oxygens (including phenoxy) is 2. The van der Waals surface area contributed by atoms with Gasteiger partial charge in [0.2, 0.25) is 11.8 Å². The Hall–Kier alpha value is -2.08. The van der Waals surface area contributed by atoms with Crippen molar-refractivity contribution < 1.29 is 19.1 Å². The molecule has 1 aromatic carbocycles. The average molecular weight is 360 g/mol. The van der Waals surface area contributed by atoms with Crippen molar-refractivity contribution in [2.75, 3.05) is 13.2 Å². The van der Waals surface area contributed by atoms with Gasteiger partial charge in [-0.3, -0.25) is 9.59 Å². The molecule has 0 spiro atoms. The summed E-state index contributed by atoms with van der Waals surface area (Å²) in [5, 5.41) is 2.96. The second kappa shape index (κ2) is 8.08. The predicted octanol–water partition coefficient (Wildman–Crippen LogP) is 2.05. The van der Waals surface area contributed by atoms with Gasteiger partial charge in [0.25, 0.3) is 0 Å². The number of nitrogens with one attached hydrogen (secondary N) is 1. The van der Waals surface area contributed by atoms with Gasteiger partial charge in [-0.2, -0.15) is 0 Å². The molecule has 1 aliphatic heterocycles. The van der Waals surface area contributed by atoms with Crippen LogP contribution in [0.3, 0.4) is 0 Å². The first kappa shape index (κ1) is 18.7. The normalized spacial score (nSPS) is 21.1. The summed E-state index contributed by atoms with van der Waals surface area (Å²) in [4.78, 5) is 25.0. The maximum absolute atomic E-state index is 12.9. The molecule has 1 heterocycles. The van der Waals surface area contributed by atoms with Crippen LogP contribution in [-0.2, 0) is 19.7 Å². The number of benzene rings is 1. The molecule has 2 amide bonds. The third kappa shape index (κ3) is 4.01. The Kier molecular flexibility index (Phi) is 5.81. The molecule has 2 aliphatic rings. The Morgan fingerprint density at radius 1 is 1.12 bits per heavy atom. The molecular weight excluding hydrogens is 332 g/mol. The highest BCUT2D eigenvalue weighted by atomic mass is 16.5. The van der Waals surface area contributed by atoms with Crippen molar-refractivity contribution in [3.8, 4) is 5.75 Å². The van der Waals surface area contributed by atoms with Crippen molar-refractivity contribution in [3.63, 3.8) is 0 Å². The number of primary amides is 1. The number of hydrogen-bond donors (Lipinski definition) is 2. The highest BCUT2D eigenvalue weighted by molar-refractivity contribution is 6.09. The second-order valence-electron chi connectivity index (χ2n) is 7.40. The van der Waals surface area contributed by atoms with E-state index in [0.717, 1.165) is 31.4 Å². The Bertz CT molecular complexity index is 634. The summed E-state index contributed by atoms with van der Waals surface area (Å²) in [5.41, 5.74) is 4.79. The van der Waals surface area contributed by atoms with Crippen LogP contribution >= 0.6 is 0 Å². The summed E-state index contributed by atoms with van der Waals surface area (Å²) in [6.07, 6.45) is 6.32. The molecule has 0 aromatic heterocycles. The molecule has 6 nitrogen and oxygen atoms in total. The summed E-state index contributed by atoms with van der Waals surface area (Å²) >= 11 is 0. The Morgan fingerprint density at radius 2 is 1.73 bits per heavy atom. The number of hydrogen-bond acceptors (Lipinski definition) is 4. The van der Waals surface area contributed by atoms with E-state index < -0.39 is 11.3 Å². The zero-order chi connectivity index (χ0) is 18.6. The van der Waals surface area contributed by atoms with E-state index in [1.165, 1.54) is 12.8 Å². The van der Waals surface area contributed by atoms with E-state index in [2.05, 4.69) is 5.32 Å². The number of nitrogens with two attached hydrogens (primary N) is 1. The summed E-state index contributed by atoms with van der Waals surface area (Å²) in [6, 6.07) is 7.17. The Morgan fingerprint density at radius 3 is 2.31 bits per heavy atom. The Balaban J connectivity index is 1.72. The zero-order valence-electron chi connectivity index (χ0n) is 15.3. The molecule has 0 radical (unpaired) electrons. The lowest BCUT2D eigenvalue weighted by Crippen LogP contribution is -2.54. The van der Waals surface area contributed by atoms with Crippen LogP contribution in [-0.4, -0.2) is 37.2 Å². The van der Waals surface area contributed by atoms with E-state index in [1.54, 1.807) is 19.1 Å². The number of carbonyl (C=O) groups excluding carboxylic acids is 2. The monoisotopic (exact) mass is 360 g/mol. The van der Waals surface area contributed by atoms with Crippen molar-refractivity contribution in [2.45, 2.75) is 63.0 Å². The molecule has 3 rings (SSSR count). The van der Waals surface area contributed by atoms with Gasteiger partial charge >= 0.3 is 0 Å². The minimum absolute atomic E-state index is 0.0138. The summed E-state index contributed by atoms with van der Waals surface area (Å²) < 4.78 is 11.3. The van der Waals surface area contributed by atoms with Crippen molar-refractivity contribution in [2.24, 2.45) is 5.73 Å². The third-order valence-electron chi connectivity index (χ3n) is 5.54. The lowest BCUT2D eigenvalue weighted by atomic mass is 9.80. The molecule has 1 atom stereocenters. The Labute approximate surface area is 154 Å². The predicted molar refractivity (Wildman–Crippen MR) is 97.9 cm³/mol. The standard InChI is InChI=1S/C20H28N2O4/c1-20(18(21)23,19(24)22-15-10-12-25-13-11-15)14-6-8-17(9-7-14)26-16-4-2-3-5-16/h6-9,15-16H,2-5,10-13H2,1H3,(H2,21,23)(H,22,24). The van der Waals surface area contributed by atoms with Gasteiger partial charge in [-0.05, 0) is 63.1 Å². The van der Waals surface area contributed by atoms with Crippen molar-refractivity contribution in [3.05, 3.63) is 29.8 Å². The average Bonchev–Trinajstić information content (AvgIpc) is 3.15. The van der Waals surface area contributed by atoms with Crippen molar-refractivity contribution in [1.29, 1.82) is 0 Å². The van der Waals surface area contributed by atoms with Crippen molar-refractivity contribution >= 4 is 11.8 Å². The molecule has 1 aromatic rings. The fourth-order valence-corrected chi connectivity index (χ4v) is 3.62. The molecule has 1 aliphatic carbocycles. The summed E-state index contributed by atoms with van der Waals surface area (Å²) in [7, 11) is 0. The van der Waals surface area contributed by atoms with E-state index >= 15 is 0 Å². The number of amides is 2. The lowest BCUT2D eigenvalue weighted by Gasteiger charge is -2.30. The lowest BCUT2D eigenvalue weighted by molar-refractivity contribution is -0.136. The first-order valence-electron chi connectivity index (χ1n) is 9.46. The summed E-state index contributed by atoms with van der Waals surface area (Å²) in [6.45, 7) is 2.81. The van der Waals surface area contributed by atoms with Crippen molar-refractivity contribution in [1.82, 2.24) is 5.32 Å². The molecule has 0 bridgehead atoms. The maximum atomic E-state index is 12.9. The van der Waals surface area contributed by atoms with E-state index in [0.29, 0.717) is 18.8 Å². The quantitative estimate of drug-likeness (QED) is 0.760. The molecule has 142 valence electrons. The molecule has 26 heavy (non-hydrogen) atoms. The van der Waals surface area contributed by atoms with Crippen LogP contribution < -0.4 is 15.8 Å². The number of rotatable bonds is 6. The highest BCUT2D eigenvalue weighted by Gasteiger charge is 2.42.